The summed E-state index contributed by atoms with van der Waals surface area (Å²) in [6, 6.07) is 0. The maximum Gasteiger partial charge on any atom is 0.0599 e. The van der Waals surface area contributed by atoms with Crippen LogP contribution < -0.4 is 0 Å². The van der Waals surface area contributed by atoms with Gasteiger partial charge in [0.15, 0.2) is 0 Å². The van der Waals surface area contributed by atoms with Crippen LogP contribution in [0, 0.1) is 12.3 Å². The predicted molar refractivity (Wildman–Crippen MR) is 50.5 cm³/mol. The Hall–Kier alpha value is -0.560. The fourth-order valence-electron chi connectivity index (χ4n) is 1.42. The van der Waals surface area contributed by atoms with E-state index in [0.717, 1.165) is 32.7 Å². The lowest BCUT2D eigenvalue weighted by Gasteiger charge is -2.37. The minimum Gasteiger partial charge on any atom is -0.290 e. The lowest BCUT2D eigenvalue weighted by Crippen LogP contribution is -2.51. The number of hydrogen-bond donors (Lipinski definition) is 0. The van der Waals surface area contributed by atoms with Gasteiger partial charge >= 0.3 is 0 Å². The molecule has 0 amide bonds. The fraction of sp³-hybridized carbons (Fsp3) is 0.778. The van der Waals surface area contributed by atoms with Gasteiger partial charge in [0.1, 0.15) is 0 Å². The van der Waals surface area contributed by atoms with E-state index in [2.05, 4.69) is 34.9 Å². The predicted octanol–water partition coefficient (Wildman–Crippen LogP) is -0.286. The highest BCUT2D eigenvalue weighted by molar-refractivity contribution is 4.89. The van der Waals surface area contributed by atoms with E-state index in [1.807, 2.05) is 0 Å². The van der Waals surface area contributed by atoms with E-state index in [1.54, 1.807) is 0 Å². The van der Waals surface area contributed by atoms with Gasteiger partial charge in [0.05, 0.1) is 6.54 Å². The van der Waals surface area contributed by atoms with Crippen LogP contribution in [0.15, 0.2) is 0 Å². The van der Waals surface area contributed by atoms with Crippen LogP contribution in [0.3, 0.4) is 0 Å². The number of hydrazine groups is 1. The standard InChI is InChI=1S/C9H17N3/c1-4-5-11-6-8-12(9-7-11)10(2)3/h1H,5-9H2,2-3H3. The van der Waals surface area contributed by atoms with Crippen molar-refractivity contribution in [2.24, 2.45) is 0 Å². The molecule has 0 aromatic rings. The summed E-state index contributed by atoms with van der Waals surface area (Å²) >= 11 is 0. The fourth-order valence-corrected chi connectivity index (χ4v) is 1.42. The lowest BCUT2D eigenvalue weighted by atomic mass is 10.3. The second-order valence-electron chi connectivity index (χ2n) is 3.28. The van der Waals surface area contributed by atoms with Gasteiger partial charge in [-0.2, -0.15) is 0 Å². The summed E-state index contributed by atoms with van der Waals surface area (Å²) < 4.78 is 0. The van der Waals surface area contributed by atoms with Crippen molar-refractivity contribution in [3.05, 3.63) is 0 Å². The Labute approximate surface area is 74.9 Å². The molecule has 0 spiro atoms. The highest BCUT2D eigenvalue weighted by Crippen LogP contribution is 2.01. The number of rotatable bonds is 2. The molecule has 0 aromatic heterocycles. The van der Waals surface area contributed by atoms with Crippen molar-refractivity contribution in [2.45, 2.75) is 0 Å². The largest absolute Gasteiger partial charge is 0.290 e. The van der Waals surface area contributed by atoms with Gasteiger partial charge in [-0.3, -0.25) is 4.90 Å². The van der Waals surface area contributed by atoms with Crippen LogP contribution in [0.4, 0.5) is 0 Å². The van der Waals surface area contributed by atoms with E-state index in [1.165, 1.54) is 0 Å². The Morgan fingerprint density at radius 2 is 1.83 bits per heavy atom. The summed E-state index contributed by atoms with van der Waals surface area (Å²) in [4.78, 5) is 2.31. The van der Waals surface area contributed by atoms with Crippen molar-refractivity contribution >= 4 is 0 Å². The number of terminal acetylenes is 1. The van der Waals surface area contributed by atoms with Crippen LogP contribution >= 0.6 is 0 Å². The average molecular weight is 167 g/mol. The van der Waals surface area contributed by atoms with Crippen LogP contribution in [0.5, 0.6) is 0 Å². The summed E-state index contributed by atoms with van der Waals surface area (Å²) in [5, 5.41) is 4.47. The van der Waals surface area contributed by atoms with E-state index in [-0.39, 0.29) is 0 Å². The van der Waals surface area contributed by atoms with Gasteiger partial charge in [-0.05, 0) is 0 Å². The van der Waals surface area contributed by atoms with Crippen molar-refractivity contribution in [3.8, 4) is 12.3 Å². The molecule has 0 N–H and O–H groups in total. The summed E-state index contributed by atoms with van der Waals surface area (Å²) in [5.41, 5.74) is 0. The van der Waals surface area contributed by atoms with E-state index in [9.17, 15) is 0 Å². The third kappa shape index (κ3) is 2.49. The molecule has 1 aliphatic rings. The Balaban J connectivity index is 2.26. The maximum atomic E-state index is 5.24. The Bertz CT molecular complexity index is 163. The van der Waals surface area contributed by atoms with Gasteiger partial charge in [-0.25, -0.2) is 10.0 Å². The van der Waals surface area contributed by atoms with Crippen molar-refractivity contribution in [2.75, 3.05) is 46.8 Å². The van der Waals surface area contributed by atoms with Gasteiger partial charge < -0.3 is 0 Å². The van der Waals surface area contributed by atoms with E-state index in [0.29, 0.717) is 0 Å². The summed E-state index contributed by atoms with van der Waals surface area (Å²) in [5.74, 6) is 2.68. The number of hydrogen-bond acceptors (Lipinski definition) is 3. The monoisotopic (exact) mass is 167 g/mol. The topological polar surface area (TPSA) is 9.72 Å². The highest BCUT2D eigenvalue weighted by atomic mass is 15.6. The Kier molecular flexibility index (Phi) is 3.54. The van der Waals surface area contributed by atoms with Crippen LogP contribution in [0.1, 0.15) is 0 Å². The van der Waals surface area contributed by atoms with E-state index >= 15 is 0 Å². The zero-order chi connectivity index (χ0) is 8.97. The summed E-state index contributed by atoms with van der Waals surface area (Å²) in [6.07, 6.45) is 5.24. The van der Waals surface area contributed by atoms with Crippen LogP contribution in [0.25, 0.3) is 0 Å². The third-order valence-corrected chi connectivity index (χ3v) is 2.23. The van der Waals surface area contributed by atoms with Gasteiger partial charge in [-0.1, -0.05) is 5.92 Å². The molecule has 1 fully saturated rings. The first kappa shape index (κ1) is 9.53. The SMILES string of the molecule is C#CCN1CCN(N(C)C)CC1. The molecule has 1 rings (SSSR count). The van der Waals surface area contributed by atoms with Crippen molar-refractivity contribution < 1.29 is 0 Å². The molecule has 3 nitrogen and oxygen atoms in total. The van der Waals surface area contributed by atoms with Gasteiger partial charge in [-0.15, -0.1) is 6.42 Å². The first-order chi connectivity index (χ1) is 5.74. The zero-order valence-corrected chi connectivity index (χ0v) is 7.95. The molecule has 0 radical (unpaired) electrons. The number of nitrogens with zero attached hydrogens (tertiary/aromatic N) is 3. The minimum absolute atomic E-state index is 0.793. The zero-order valence-electron chi connectivity index (χ0n) is 7.95. The normalized spacial score (nSPS) is 21.2. The molecule has 0 saturated carbocycles. The molecular weight excluding hydrogens is 150 g/mol. The van der Waals surface area contributed by atoms with Crippen LogP contribution in [-0.2, 0) is 0 Å². The molecule has 1 saturated heterocycles. The molecule has 0 aliphatic carbocycles. The molecule has 0 unspecified atom stereocenters. The molecule has 68 valence electrons. The van der Waals surface area contributed by atoms with E-state index < -0.39 is 0 Å². The lowest BCUT2D eigenvalue weighted by molar-refractivity contribution is -0.0156. The van der Waals surface area contributed by atoms with Crippen LogP contribution in [-0.4, -0.2) is 61.7 Å². The number of piperazine rings is 1. The second kappa shape index (κ2) is 4.46. The molecule has 1 heterocycles. The average Bonchev–Trinajstić information content (AvgIpc) is 2.06. The van der Waals surface area contributed by atoms with Gasteiger partial charge in [0.25, 0.3) is 0 Å². The molecule has 0 aromatic carbocycles. The summed E-state index contributed by atoms with van der Waals surface area (Å²) in [7, 11) is 4.16. The van der Waals surface area contributed by atoms with Crippen molar-refractivity contribution in [1.82, 2.24) is 14.9 Å². The van der Waals surface area contributed by atoms with E-state index in [4.69, 9.17) is 6.42 Å². The maximum absolute atomic E-state index is 5.24. The second-order valence-corrected chi connectivity index (χ2v) is 3.28. The molecule has 0 bridgehead atoms. The molecule has 12 heavy (non-hydrogen) atoms. The molecule has 0 atom stereocenters. The van der Waals surface area contributed by atoms with Crippen molar-refractivity contribution in [3.63, 3.8) is 0 Å². The highest BCUT2D eigenvalue weighted by Gasteiger charge is 2.16. The Morgan fingerprint density at radius 3 is 2.25 bits per heavy atom. The van der Waals surface area contributed by atoms with Crippen LogP contribution in [0.2, 0.25) is 0 Å². The first-order valence-electron chi connectivity index (χ1n) is 4.32. The smallest absolute Gasteiger partial charge is 0.0599 e. The molecular formula is C9H17N3. The quantitative estimate of drug-likeness (QED) is 0.523. The summed E-state index contributed by atoms with van der Waals surface area (Å²) in [6.45, 7) is 5.15. The first-order valence-corrected chi connectivity index (χ1v) is 4.32. The molecule has 1 aliphatic heterocycles. The molecule has 3 heteroatoms. The Morgan fingerprint density at radius 1 is 1.25 bits per heavy atom. The van der Waals surface area contributed by atoms with Gasteiger partial charge in [0.2, 0.25) is 0 Å². The van der Waals surface area contributed by atoms with Gasteiger partial charge in [0, 0.05) is 40.3 Å². The minimum atomic E-state index is 0.793. The third-order valence-electron chi connectivity index (χ3n) is 2.23. The van der Waals surface area contributed by atoms with Crippen molar-refractivity contribution in [1.29, 1.82) is 0 Å².